The van der Waals surface area contributed by atoms with Crippen molar-refractivity contribution in [2.45, 2.75) is 52.9 Å². The fraction of sp³-hybridized carbons (Fsp3) is 0.316. The van der Waals surface area contributed by atoms with E-state index >= 15 is 0 Å². The number of likely N-dealkylation sites (tertiary alicyclic amines) is 1. The second-order valence-corrected chi connectivity index (χ2v) is 11.1. The van der Waals surface area contributed by atoms with Crippen molar-refractivity contribution in [3.63, 3.8) is 0 Å². The van der Waals surface area contributed by atoms with Gasteiger partial charge in [-0.3, -0.25) is 14.9 Å². The number of fused-ring (bicyclic) bond motifs is 1. The number of rotatable bonds is 6. The van der Waals surface area contributed by atoms with Crippen LogP contribution in [0, 0.1) is 32.2 Å². The van der Waals surface area contributed by atoms with Crippen LogP contribution in [0.25, 0.3) is 11.0 Å². The number of benzene rings is 3. The van der Waals surface area contributed by atoms with Gasteiger partial charge in [0.05, 0.1) is 12.2 Å². The predicted molar refractivity (Wildman–Crippen MR) is 199 cm³/mol. The number of guanidine groups is 1. The van der Waals surface area contributed by atoms with E-state index in [-0.39, 0.29) is 32.6 Å². The highest BCUT2D eigenvalue weighted by Crippen LogP contribution is 2.24. The molecule has 3 aromatic carbocycles. The monoisotopic (exact) mass is 658 g/mol. The summed E-state index contributed by atoms with van der Waals surface area (Å²) >= 11 is 0. The molecule has 48 heavy (non-hydrogen) atoms. The third-order valence-electron chi connectivity index (χ3n) is 7.28. The SMILES string of the molecule is C=C.Cc1cc2cc(N=C(N)NC#N)ccc2o1.Cc1ccc(CCN(C)C(=O)CN2CCCCCC2=O)cc1.Cc1ccccc1.O.[HH].[HH]. The number of aryl methyl sites for hydroxylation is 3. The van der Waals surface area contributed by atoms with Crippen LogP contribution < -0.4 is 11.1 Å². The molecule has 0 atom stereocenters. The molecule has 10 nitrogen and oxygen atoms in total. The molecule has 2 amide bonds. The first-order chi connectivity index (χ1) is 22.6. The van der Waals surface area contributed by atoms with Gasteiger partial charge in [-0.1, -0.05) is 72.1 Å². The largest absolute Gasteiger partial charge is 0.461 e. The number of nitrogens with one attached hydrogen (secondary N) is 1. The Balaban J connectivity index is 0. The summed E-state index contributed by atoms with van der Waals surface area (Å²) in [7, 11) is 1.82. The van der Waals surface area contributed by atoms with Gasteiger partial charge in [-0.2, -0.15) is 5.26 Å². The second kappa shape index (κ2) is 22.2. The van der Waals surface area contributed by atoms with Crippen molar-refractivity contribution in [1.82, 2.24) is 15.1 Å². The molecule has 1 aromatic heterocycles. The molecule has 1 aliphatic heterocycles. The Morgan fingerprint density at radius 2 is 1.69 bits per heavy atom. The normalized spacial score (nSPS) is 12.3. The number of carbonyl (C=O) groups is 2. The fourth-order valence-corrected chi connectivity index (χ4v) is 4.66. The molecule has 0 saturated carbocycles. The zero-order valence-electron chi connectivity index (χ0n) is 28.7. The van der Waals surface area contributed by atoms with Crippen LogP contribution in [-0.4, -0.2) is 59.7 Å². The molecule has 2 heterocycles. The summed E-state index contributed by atoms with van der Waals surface area (Å²) in [5, 5.41) is 11.6. The van der Waals surface area contributed by atoms with Crippen LogP contribution in [-0.2, 0) is 16.0 Å². The van der Waals surface area contributed by atoms with E-state index in [0.29, 0.717) is 18.7 Å². The van der Waals surface area contributed by atoms with Crippen molar-refractivity contribution in [3.8, 4) is 6.19 Å². The smallest absolute Gasteiger partial charge is 0.241 e. The molecule has 5 rings (SSSR count). The average Bonchev–Trinajstić information content (AvgIpc) is 3.32. The van der Waals surface area contributed by atoms with Crippen molar-refractivity contribution in [1.29, 1.82) is 5.26 Å². The van der Waals surface area contributed by atoms with E-state index in [2.05, 4.69) is 73.7 Å². The third-order valence-corrected chi connectivity index (χ3v) is 7.28. The number of hydrogen-bond donors (Lipinski definition) is 2. The molecular formula is C38H54N6O4. The lowest BCUT2D eigenvalue weighted by molar-refractivity contribution is -0.139. The van der Waals surface area contributed by atoms with Crippen LogP contribution in [0.3, 0.4) is 0 Å². The van der Waals surface area contributed by atoms with E-state index in [9.17, 15) is 9.59 Å². The number of nitrogens with two attached hydrogens (primary N) is 1. The quantitative estimate of drug-likeness (QED) is 0.0778. The van der Waals surface area contributed by atoms with Gasteiger partial charge in [0.15, 0.2) is 6.19 Å². The van der Waals surface area contributed by atoms with Crippen molar-refractivity contribution in [3.05, 3.63) is 114 Å². The van der Waals surface area contributed by atoms with Crippen molar-refractivity contribution >= 4 is 34.4 Å². The third kappa shape index (κ3) is 14.8. The molecule has 10 heteroatoms. The number of furan rings is 1. The van der Waals surface area contributed by atoms with Gasteiger partial charge in [0.2, 0.25) is 17.8 Å². The molecule has 260 valence electrons. The van der Waals surface area contributed by atoms with Gasteiger partial charge in [0, 0.05) is 34.8 Å². The lowest BCUT2D eigenvalue weighted by Crippen LogP contribution is -2.41. The second-order valence-electron chi connectivity index (χ2n) is 11.1. The maximum Gasteiger partial charge on any atom is 0.241 e. The molecule has 1 aliphatic rings. The van der Waals surface area contributed by atoms with Gasteiger partial charge in [-0.05, 0) is 69.9 Å². The molecule has 1 saturated heterocycles. The summed E-state index contributed by atoms with van der Waals surface area (Å²) in [6.07, 6.45) is 6.17. The highest BCUT2D eigenvalue weighted by atomic mass is 16.3. The molecule has 0 aliphatic carbocycles. The van der Waals surface area contributed by atoms with E-state index in [1.54, 1.807) is 22.1 Å². The molecule has 5 N–H and O–H groups in total. The number of nitrogens with zero attached hydrogens (tertiary/aromatic N) is 4. The molecule has 1 fully saturated rings. The van der Waals surface area contributed by atoms with Crippen molar-refractivity contribution in [2.24, 2.45) is 10.7 Å². The fourth-order valence-electron chi connectivity index (χ4n) is 4.66. The number of aliphatic imine (C=N–C) groups is 1. The number of amides is 2. The lowest BCUT2D eigenvalue weighted by atomic mass is 10.1. The summed E-state index contributed by atoms with van der Waals surface area (Å²) in [6.45, 7) is 13.7. The first-order valence-electron chi connectivity index (χ1n) is 15.7. The molecule has 0 unspecified atom stereocenters. The van der Waals surface area contributed by atoms with Crippen LogP contribution in [0.15, 0.2) is 101 Å². The van der Waals surface area contributed by atoms with Crippen LogP contribution in [0.5, 0.6) is 0 Å². The standard InChI is InChI=1S/C18H26N2O2.C11H10N4O.C7H8.C2H4.H2O.2H2/c1-15-7-9-16(10-8-15)11-13-19(2)18(22)14-20-12-5-3-4-6-17(20)21;1-7-4-8-5-9(2-3-10(8)16-7)15-11(13)14-6-12;1-7-5-3-2-4-6-7;1-2;;;/h7-10H,3-6,11-14H2,1-2H3;2-5H,1H3,(H3,13,14,15);2-6H,1H3;1-2H2;1H2;2*1H. The van der Waals surface area contributed by atoms with Crippen molar-refractivity contribution < 1.29 is 22.3 Å². The van der Waals surface area contributed by atoms with Gasteiger partial charge in [-0.15, -0.1) is 13.2 Å². The van der Waals surface area contributed by atoms with Gasteiger partial charge < -0.3 is 25.4 Å². The van der Waals surface area contributed by atoms with E-state index in [1.165, 1.54) is 16.7 Å². The van der Waals surface area contributed by atoms with Crippen LogP contribution >= 0.6 is 0 Å². The highest BCUT2D eigenvalue weighted by Gasteiger charge is 2.20. The molecule has 0 radical (unpaired) electrons. The summed E-state index contributed by atoms with van der Waals surface area (Å²) in [6, 6.07) is 26.0. The van der Waals surface area contributed by atoms with E-state index in [0.717, 1.165) is 49.0 Å². The van der Waals surface area contributed by atoms with E-state index < -0.39 is 0 Å². The Morgan fingerprint density at radius 1 is 1.02 bits per heavy atom. The number of carbonyl (C=O) groups excluding carboxylic acids is 2. The lowest BCUT2D eigenvalue weighted by Gasteiger charge is -2.24. The molecule has 0 bridgehead atoms. The Kier molecular flexibility index (Phi) is 18.8. The Morgan fingerprint density at radius 3 is 2.31 bits per heavy atom. The predicted octanol–water partition coefficient (Wildman–Crippen LogP) is 6.62. The minimum atomic E-state index is 0. The number of nitriles is 1. The van der Waals surface area contributed by atoms with Gasteiger partial charge in [0.25, 0.3) is 0 Å². The van der Waals surface area contributed by atoms with Gasteiger partial charge >= 0.3 is 0 Å². The molecule has 0 spiro atoms. The van der Waals surface area contributed by atoms with Gasteiger partial charge in [-0.25, -0.2) is 4.99 Å². The minimum absolute atomic E-state index is 0. The van der Waals surface area contributed by atoms with Crippen LogP contribution in [0.4, 0.5) is 5.69 Å². The molecule has 4 aromatic rings. The Labute approximate surface area is 287 Å². The maximum absolute atomic E-state index is 12.3. The van der Waals surface area contributed by atoms with E-state index in [4.69, 9.17) is 15.4 Å². The Hall–Kier alpha value is -5.40. The summed E-state index contributed by atoms with van der Waals surface area (Å²) in [5.41, 5.74) is 10.7. The van der Waals surface area contributed by atoms with E-state index in [1.807, 2.05) is 50.4 Å². The first-order valence-corrected chi connectivity index (χ1v) is 15.7. The number of hydrogen-bond acceptors (Lipinski definition) is 5. The summed E-state index contributed by atoms with van der Waals surface area (Å²) in [5.74, 6) is 1.07. The molecular weight excluding hydrogens is 604 g/mol. The summed E-state index contributed by atoms with van der Waals surface area (Å²) in [4.78, 5) is 31.7. The Bertz CT molecular complexity index is 1620. The maximum atomic E-state index is 12.3. The zero-order chi connectivity index (χ0) is 34.6. The van der Waals surface area contributed by atoms with Gasteiger partial charge in [0.1, 0.15) is 11.3 Å². The summed E-state index contributed by atoms with van der Waals surface area (Å²) < 4.78 is 5.43. The van der Waals surface area contributed by atoms with Crippen LogP contribution in [0.1, 0.15) is 51.0 Å². The topological polar surface area (TPSA) is 159 Å². The van der Waals surface area contributed by atoms with Crippen molar-refractivity contribution in [2.75, 3.05) is 26.7 Å². The van der Waals surface area contributed by atoms with Crippen LogP contribution in [0.2, 0.25) is 0 Å². The minimum Gasteiger partial charge on any atom is -0.461 e. The first kappa shape index (κ1) is 40.6. The zero-order valence-corrected chi connectivity index (χ0v) is 28.7. The average molecular weight is 659 g/mol. The highest BCUT2D eigenvalue weighted by molar-refractivity contribution is 5.86. The number of likely N-dealkylation sites (N-methyl/N-ethyl adjacent to an activating group) is 1.